The van der Waals surface area contributed by atoms with Gasteiger partial charge in [0.1, 0.15) is 5.82 Å². The molecule has 1 aromatic heterocycles. The number of imidazole rings is 1. The van der Waals surface area contributed by atoms with E-state index in [1.165, 1.54) is 0 Å². The molecule has 1 aliphatic rings. The van der Waals surface area contributed by atoms with E-state index in [1.807, 2.05) is 78.9 Å². The quantitative estimate of drug-likeness (QED) is 0.445. The van der Waals surface area contributed by atoms with Crippen molar-refractivity contribution >= 4 is 39.9 Å². The number of halogens is 1. The van der Waals surface area contributed by atoms with Crippen LogP contribution in [0.1, 0.15) is 23.0 Å². The largest absolute Gasteiger partial charge is 0.338 e. The highest BCUT2D eigenvalue weighted by Gasteiger charge is 2.31. The van der Waals surface area contributed by atoms with Crippen LogP contribution in [-0.4, -0.2) is 16.0 Å². The van der Waals surface area contributed by atoms with Crippen LogP contribution in [0.2, 0.25) is 5.02 Å². The average Bonchev–Trinajstić information content (AvgIpc) is 3.18. The van der Waals surface area contributed by atoms with Crippen molar-refractivity contribution in [2.75, 3.05) is 0 Å². The van der Waals surface area contributed by atoms with Crippen molar-refractivity contribution < 1.29 is 4.79 Å². The Kier molecular flexibility index (Phi) is 4.30. The number of nitrogens with one attached hydrogen (secondary N) is 3. The van der Waals surface area contributed by atoms with Crippen molar-refractivity contribution in [3.05, 3.63) is 101 Å². The van der Waals surface area contributed by atoms with Gasteiger partial charge in [0, 0.05) is 10.6 Å². The molecule has 1 atom stereocenters. The zero-order valence-electron chi connectivity index (χ0n) is 15.3. The molecule has 3 N–H and O–H groups in total. The normalized spacial score (nSPS) is 16.6. The number of amides is 2. The molecule has 0 fully saturated rings. The van der Waals surface area contributed by atoms with Gasteiger partial charge in [-0.2, -0.15) is 0 Å². The fourth-order valence-corrected chi connectivity index (χ4v) is 3.76. The SMILES string of the molecule is O=C1NC(c2ccccc2)=C(c2nc3ccccc3[nH]2)C(c2ccc(Cl)cc2)N1. The number of rotatable bonds is 3. The number of benzene rings is 3. The number of nitrogens with zero attached hydrogens (tertiary/aromatic N) is 1. The minimum atomic E-state index is -0.378. The zero-order valence-corrected chi connectivity index (χ0v) is 16.1. The summed E-state index contributed by atoms with van der Waals surface area (Å²) in [5.41, 5.74) is 5.25. The molecule has 2 heterocycles. The van der Waals surface area contributed by atoms with Crippen molar-refractivity contribution in [2.24, 2.45) is 0 Å². The zero-order chi connectivity index (χ0) is 19.8. The Hall–Kier alpha value is -3.57. The van der Waals surface area contributed by atoms with E-state index >= 15 is 0 Å². The third-order valence-corrected chi connectivity index (χ3v) is 5.23. The molecule has 2 amide bonds. The molecular weight excluding hydrogens is 384 g/mol. The van der Waals surface area contributed by atoms with Crippen LogP contribution in [0, 0.1) is 0 Å². The third kappa shape index (κ3) is 3.26. The summed E-state index contributed by atoms with van der Waals surface area (Å²) in [6.07, 6.45) is 0. The van der Waals surface area contributed by atoms with Gasteiger partial charge >= 0.3 is 6.03 Å². The Balaban J connectivity index is 1.76. The lowest BCUT2D eigenvalue weighted by molar-refractivity contribution is 0.242. The van der Waals surface area contributed by atoms with Crippen molar-refractivity contribution in [1.82, 2.24) is 20.6 Å². The summed E-state index contributed by atoms with van der Waals surface area (Å²) in [5, 5.41) is 6.66. The first-order valence-corrected chi connectivity index (χ1v) is 9.64. The van der Waals surface area contributed by atoms with Gasteiger partial charge in [0.2, 0.25) is 0 Å². The first-order valence-electron chi connectivity index (χ1n) is 9.27. The molecule has 0 saturated carbocycles. The maximum atomic E-state index is 12.5. The molecule has 0 aliphatic carbocycles. The van der Waals surface area contributed by atoms with Gasteiger partial charge in [-0.3, -0.25) is 0 Å². The van der Waals surface area contributed by atoms with Gasteiger partial charge in [-0.25, -0.2) is 9.78 Å². The second-order valence-corrected chi connectivity index (χ2v) is 7.28. The number of aromatic nitrogens is 2. The van der Waals surface area contributed by atoms with Crippen LogP contribution in [0.4, 0.5) is 4.79 Å². The molecule has 1 unspecified atom stereocenters. The summed E-state index contributed by atoms with van der Waals surface area (Å²) in [5.74, 6) is 0.706. The lowest BCUT2D eigenvalue weighted by Gasteiger charge is -2.30. The number of H-pyrrole nitrogens is 1. The molecule has 1 aliphatic heterocycles. The number of hydrogen-bond acceptors (Lipinski definition) is 2. The van der Waals surface area contributed by atoms with Gasteiger partial charge in [0.05, 0.1) is 22.8 Å². The van der Waals surface area contributed by atoms with Crippen LogP contribution >= 0.6 is 11.6 Å². The Morgan fingerprint density at radius 2 is 1.59 bits per heavy atom. The molecule has 0 bridgehead atoms. The number of aromatic amines is 1. The summed E-state index contributed by atoms with van der Waals surface area (Å²) in [6, 6.07) is 24.5. The number of carbonyl (C=O) groups is 1. The molecule has 0 saturated heterocycles. The maximum Gasteiger partial charge on any atom is 0.320 e. The molecule has 5 rings (SSSR count). The smallest absolute Gasteiger partial charge is 0.320 e. The standard InChI is InChI=1S/C23H17ClN4O/c24-16-12-10-15(11-13-16)21-19(22-25-17-8-4-5-9-18(17)26-22)20(27-23(29)28-21)14-6-2-1-3-7-14/h1-13,21H,(H,25,26)(H2,27,28,29). The highest BCUT2D eigenvalue weighted by Crippen LogP contribution is 2.37. The molecule has 6 heteroatoms. The van der Waals surface area contributed by atoms with Gasteiger partial charge in [0.15, 0.2) is 0 Å². The van der Waals surface area contributed by atoms with Gasteiger partial charge in [-0.15, -0.1) is 0 Å². The number of hydrogen-bond donors (Lipinski definition) is 3. The van der Waals surface area contributed by atoms with E-state index in [4.69, 9.17) is 16.6 Å². The van der Waals surface area contributed by atoms with E-state index in [0.29, 0.717) is 10.8 Å². The van der Waals surface area contributed by atoms with Crippen LogP contribution in [0.3, 0.4) is 0 Å². The number of fused-ring (bicyclic) bond motifs is 1. The van der Waals surface area contributed by atoms with E-state index in [9.17, 15) is 4.79 Å². The molecule has 0 radical (unpaired) electrons. The third-order valence-electron chi connectivity index (χ3n) is 4.98. The van der Waals surface area contributed by atoms with E-state index in [1.54, 1.807) is 0 Å². The van der Waals surface area contributed by atoms with E-state index < -0.39 is 0 Å². The van der Waals surface area contributed by atoms with E-state index in [0.717, 1.165) is 33.4 Å². The maximum absolute atomic E-state index is 12.5. The van der Waals surface area contributed by atoms with Crippen molar-refractivity contribution in [3.8, 4) is 0 Å². The molecule has 142 valence electrons. The highest BCUT2D eigenvalue weighted by atomic mass is 35.5. The van der Waals surface area contributed by atoms with Gasteiger partial charge in [-0.1, -0.05) is 66.2 Å². The minimum Gasteiger partial charge on any atom is -0.338 e. The summed E-state index contributed by atoms with van der Waals surface area (Å²) < 4.78 is 0. The summed E-state index contributed by atoms with van der Waals surface area (Å²) in [4.78, 5) is 20.7. The van der Waals surface area contributed by atoms with Crippen LogP contribution in [0.25, 0.3) is 22.3 Å². The first-order chi connectivity index (χ1) is 14.2. The first kappa shape index (κ1) is 17.5. The minimum absolute atomic E-state index is 0.260. The fourth-order valence-electron chi connectivity index (χ4n) is 3.64. The van der Waals surface area contributed by atoms with Gasteiger partial charge < -0.3 is 15.6 Å². The van der Waals surface area contributed by atoms with Crippen LogP contribution in [0.5, 0.6) is 0 Å². The Bertz CT molecular complexity index is 1200. The van der Waals surface area contributed by atoms with E-state index in [2.05, 4.69) is 15.6 Å². The Labute approximate surface area is 172 Å². The summed E-state index contributed by atoms with van der Waals surface area (Å²) >= 11 is 6.08. The Morgan fingerprint density at radius 1 is 0.862 bits per heavy atom. The molecular formula is C23H17ClN4O. The lowest BCUT2D eigenvalue weighted by Crippen LogP contribution is -2.43. The van der Waals surface area contributed by atoms with Crippen LogP contribution < -0.4 is 10.6 Å². The lowest BCUT2D eigenvalue weighted by atomic mass is 9.92. The van der Waals surface area contributed by atoms with Crippen molar-refractivity contribution in [3.63, 3.8) is 0 Å². The number of carbonyl (C=O) groups excluding carboxylic acids is 1. The molecule has 29 heavy (non-hydrogen) atoms. The molecule has 3 aromatic carbocycles. The van der Waals surface area contributed by atoms with Crippen molar-refractivity contribution in [1.29, 1.82) is 0 Å². The Morgan fingerprint density at radius 3 is 2.34 bits per heavy atom. The van der Waals surface area contributed by atoms with Crippen LogP contribution in [0.15, 0.2) is 78.9 Å². The predicted octanol–water partition coefficient (Wildman–Crippen LogP) is 5.14. The number of urea groups is 1. The van der Waals surface area contributed by atoms with E-state index in [-0.39, 0.29) is 12.1 Å². The average molecular weight is 401 g/mol. The second-order valence-electron chi connectivity index (χ2n) is 6.84. The fraction of sp³-hybridized carbons (Fsp3) is 0.0435. The molecule has 4 aromatic rings. The number of para-hydroxylation sites is 2. The summed E-state index contributed by atoms with van der Waals surface area (Å²) in [7, 11) is 0. The molecule has 0 spiro atoms. The second kappa shape index (κ2) is 7.11. The monoisotopic (exact) mass is 400 g/mol. The summed E-state index contributed by atoms with van der Waals surface area (Å²) in [6.45, 7) is 0. The van der Waals surface area contributed by atoms with Crippen LogP contribution in [-0.2, 0) is 0 Å². The molecule has 5 nitrogen and oxygen atoms in total. The highest BCUT2D eigenvalue weighted by molar-refractivity contribution is 6.30. The van der Waals surface area contributed by atoms with Gasteiger partial charge in [0.25, 0.3) is 0 Å². The topological polar surface area (TPSA) is 69.8 Å². The van der Waals surface area contributed by atoms with Gasteiger partial charge in [-0.05, 0) is 35.4 Å². The van der Waals surface area contributed by atoms with Crippen molar-refractivity contribution in [2.45, 2.75) is 6.04 Å². The predicted molar refractivity (Wildman–Crippen MR) is 115 cm³/mol.